The van der Waals surface area contributed by atoms with Crippen molar-refractivity contribution in [1.29, 1.82) is 0 Å². The molecule has 0 amide bonds. The summed E-state index contributed by atoms with van der Waals surface area (Å²) < 4.78 is 5.04. The molecule has 0 aliphatic carbocycles. The van der Waals surface area contributed by atoms with Crippen LogP contribution in [-0.4, -0.2) is 18.2 Å². The number of nitrogens with two attached hydrogens (primary N) is 1. The van der Waals surface area contributed by atoms with E-state index in [1.807, 2.05) is 6.07 Å². The summed E-state index contributed by atoms with van der Waals surface area (Å²) in [4.78, 5) is 10.5. The van der Waals surface area contributed by atoms with Crippen LogP contribution in [0.25, 0.3) is 0 Å². The van der Waals surface area contributed by atoms with E-state index in [0.29, 0.717) is 17.9 Å². The van der Waals surface area contributed by atoms with Crippen molar-refractivity contribution in [2.24, 2.45) is 5.73 Å². The Hall–Kier alpha value is -1.55. The number of hydrogen-bond donors (Lipinski definition) is 2. The Morgan fingerprint density at radius 1 is 1.57 bits per heavy atom. The van der Waals surface area contributed by atoms with Crippen molar-refractivity contribution in [3.63, 3.8) is 0 Å². The van der Waals surface area contributed by atoms with Crippen LogP contribution in [0.4, 0.5) is 0 Å². The van der Waals surface area contributed by atoms with Crippen LogP contribution in [0.3, 0.4) is 0 Å². The van der Waals surface area contributed by atoms with Crippen molar-refractivity contribution >= 4 is 5.97 Å². The number of carboxylic acids is 1. The highest BCUT2D eigenvalue weighted by Crippen LogP contribution is 2.20. The number of rotatable bonds is 4. The van der Waals surface area contributed by atoms with Crippen LogP contribution in [0.2, 0.25) is 0 Å². The highest BCUT2D eigenvalue weighted by Gasteiger charge is 2.07. The minimum Gasteiger partial charge on any atom is -0.496 e. The van der Waals surface area contributed by atoms with E-state index >= 15 is 0 Å². The van der Waals surface area contributed by atoms with Crippen LogP contribution in [0.5, 0.6) is 5.75 Å². The van der Waals surface area contributed by atoms with Gasteiger partial charge in [-0.3, -0.25) is 4.79 Å². The Morgan fingerprint density at radius 2 is 2.29 bits per heavy atom. The van der Waals surface area contributed by atoms with Gasteiger partial charge in [-0.25, -0.2) is 0 Å². The Balaban J connectivity index is 3.01. The van der Waals surface area contributed by atoms with E-state index in [1.165, 1.54) is 7.11 Å². The molecule has 1 rings (SSSR count). The van der Waals surface area contributed by atoms with Crippen LogP contribution in [0, 0.1) is 0 Å². The lowest BCUT2D eigenvalue weighted by Crippen LogP contribution is -2.04. The van der Waals surface area contributed by atoms with Crippen LogP contribution >= 0.6 is 0 Å². The summed E-state index contributed by atoms with van der Waals surface area (Å²) in [6.07, 6.45) is -0.0446. The summed E-state index contributed by atoms with van der Waals surface area (Å²) in [6, 6.07) is 5.32. The standard InChI is InChI=1S/C10H13NO3/c1-14-9-3-2-7(6-11)4-8(9)5-10(12)13/h2-4H,5-6,11H2,1H3,(H,12,13). The smallest absolute Gasteiger partial charge is 0.307 e. The molecule has 0 aromatic heterocycles. The molecule has 0 saturated heterocycles. The van der Waals surface area contributed by atoms with Gasteiger partial charge in [0.25, 0.3) is 0 Å². The molecule has 0 saturated carbocycles. The summed E-state index contributed by atoms with van der Waals surface area (Å²) in [5.41, 5.74) is 7.01. The minimum atomic E-state index is -0.877. The summed E-state index contributed by atoms with van der Waals surface area (Å²) in [7, 11) is 1.52. The summed E-state index contributed by atoms with van der Waals surface area (Å²) in [5, 5.41) is 8.66. The van der Waals surface area contributed by atoms with Gasteiger partial charge in [0.15, 0.2) is 0 Å². The molecule has 0 bridgehead atoms. The zero-order valence-corrected chi connectivity index (χ0v) is 7.99. The number of carbonyl (C=O) groups is 1. The van der Waals surface area contributed by atoms with Gasteiger partial charge in [0.1, 0.15) is 5.75 Å². The van der Waals surface area contributed by atoms with Gasteiger partial charge in [-0.1, -0.05) is 12.1 Å². The SMILES string of the molecule is COc1ccc(CN)cc1CC(=O)O. The van der Waals surface area contributed by atoms with E-state index in [0.717, 1.165) is 5.56 Å². The van der Waals surface area contributed by atoms with E-state index < -0.39 is 5.97 Å². The largest absolute Gasteiger partial charge is 0.496 e. The van der Waals surface area contributed by atoms with Crippen molar-refractivity contribution in [2.75, 3.05) is 7.11 Å². The zero-order chi connectivity index (χ0) is 10.6. The Labute approximate surface area is 82.3 Å². The highest BCUT2D eigenvalue weighted by molar-refractivity contribution is 5.71. The fraction of sp³-hybridized carbons (Fsp3) is 0.300. The van der Waals surface area contributed by atoms with Crippen molar-refractivity contribution in [2.45, 2.75) is 13.0 Å². The third-order valence-electron chi connectivity index (χ3n) is 1.92. The number of benzene rings is 1. The highest BCUT2D eigenvalue weighted by atomic mass is 16.5. The molecule has 0 radical (unpaired) electrons. The molecule has 4 nitrogen and oxygen atoms in total. The quantitative estimate of drug-likeness (QED) is 0.744. The number of carboxylic acid groups (broad SMARTS) is 1. The van der Waals surface area contributed by atoms with E-state index in [9.17, 15) is 4.79 Å². The molecule has 0 atom stereocenters. The average molecular weight is 195 g/mol. The van der Waals surface area contributed by atoms with Gasteiger partial charge in [0.2, 0.25) is 0 Å². The molecule has 0 unspecified atom stereocenters. The van der Waals surface area contributed by atoms with Crippen LogP contribution in [0.15, 0.2) is 18.2 Å². The van der Waals surface area contributed by atoms with Crippen molar-refractivity contribution in [3.8, 4) is 5.75 Å². The maximum Gasteiger partial charge on any atom is 0.307 e. The molecule has 4 heteroatoms. The second-order valence-corrected chi connectivity index (χ2v) is 2.92. The molecular weight excluding hydrogens is 182 g/mol. The molecular formula is C10H13NO3. The molecule has 0 aliphatic heterocycles. The topological polar surface area (TPSA) is 72.5 Å². The van der Waals surface area contributed by atoms with E-state index in [4.69, 9.17) is 15.6 Å². The predicted molar refractivity (Wildman–Crippen MR) is 52.2 cm³/mol. The summed E-state index contributed by atoms with van der Waals surface area (Å²) in [6.45, 7) is 0.399. The van der Waals surface area contributed by atoms with E-state index in [2.05, 4.69) is 0 Å². The molecule has 0 spiro atoms. The first kappa shape index (κ1) is 10.5. The van der Waals surface area contributed by atoms with Gasteiger partial charge in [-0.2, -0.15) is 0 Å². The Kier molecular flexibility index (Phi) is 3.48. The first-order chi connectivity index (χ1) is 6.67. The molecule has 14 heavy (non-hydrogen) atoms. The monoisotopic (exact) mass is 195 g/mol. The molecule has 3 N–H and O–H groups in total. The first-order valence-electron chi connectivity index (χ1n) is 4.25. The molecule has 0 fully saturated rings. The van der Waals surface area contributed by atoms with Crippen LogP contribution < -0.4 is 10.5 Å². The predicted octanol–water partition coefficient (Wildman–Crippen LogP) is 0.781. The number of hydrogen-bond acceptors (Lipinski definition) is 3. The van der Waals surface area contributed by atoms with Crippen molar-refractivity contribution in [1.82, 2.24) is 0 Å². The van der Waals surface area contributed by atoms with Gasteiger partial charge in [0, 0.05) is 12.1 Å². The van der Waals surface area contributed by atoms with Crippen molar-refractivity contribution < 1.29 is 14.6 Å². The average Bonchev–Trinajstić information content (AvgIpc) is 2.16. The molecule has 0 aliphatic rings. The maximum absolute atomic E-state index is 10.5. The lowest BCUT2D eigenvalue weighted by Gasteiger charge is -2.07. The third-order valence-corrected chi connectivity index (χ3v) is 1.92. The van der Waals surface area contributed by atoms with Crippen molar-refractivity contribution in [3.05, 3.63) is 29.3 Å². The molecule has 76 valence electrons. The Morgan fingerprint density at radius 3 is 2.79 bits per heavy atom. The van der Waals surface area contributed by atoms with Crippen LogP contribution in [-0.2, 0) is 17.8 Å². The zero-order valence-electron chi connectivity index (χ0n) is 7.99. The first-order valence-corrected chi connectivity index (χ1v) is 4.25. The minimum absolute atomic E-state index is 0.0446. The Bertz CT molecular complexity index is 336. The second kappa shape index (κ2) is 4.62. The van der Waals surface area contributed by atoms with Gasteiger partial charge in [-0.15, -0.1) is 0 Å². The second-order valence-electron chi connectivity index (χ2n) is 2.92. The normalized spacial score (nSPS) is 9.86. The fourth-order valence-corrected chi connectivity index (χ4v) is 1.26. The number of ether oxygens (including phenoxy) is 1. The third kappa shape index (κ3) is 2.47. The van der Waals surface area contributed by atoms with Gasteiger partial charge in [-0.05, 0) is 11.6 Å². The molecule has 0 heterocycles. The van der Waals surface area contributed by atoms with E-state index in [-0.39, 0.29) is 6.42 Å². The van der Waals surface area contributed by atoms with Gasteiger partial charge in [0.05, 0.1) is 13.5 Å². The van der Waals surface area contributed by atoms with Crippen LogP contribution in [0.1, 0.15) is 11.1 Å². The summed E-state index contributed by atoms with van der Waals surface area (Å²) in [5.74, 6) is -0.290. The maximum atomic E-state index is 10.5. The fourth-order valence-electron chi connectivity index (χ4n) is 1.26. The number of methoxy groups -OCH3 is 1. The van der Waals surface area contributed by atoms with Gasteiger partial charge < -0.3 is 15.6 Å². The lowest BCUT2D eigenvalue weighted by molar-refractivity contribution is -0.136. The molecule has 1 aromatic carbocycles. The lowest BCUT2D eigenvalue weighted by atomic mass is 10.1. The van der Waals surface area contributed by atoms with Gasteiger partial charge >= 0.3 is 5.97 Å². The molecule has 1 aromatic rings. The number of aliphatic carboxylic acids is 1. The van der Waals surface area contributed by atoms with E-state index in [1.54, 1.807) is 12.1 Å². The summed E-state index contributed by atoms with van der Waals surface area (Å²) >= 11 is 0.